The average Bonchev–Trinajstić information content (AvgIpc) is 2.40. The first kappa shape index (κ1) is 13.5. The number of hydrogen-bond donors (Lipinski definition) is 1. The predicted molar refractivity (Wildman–Crippen MR) is 68.7 cm³/mol. The Hall–Kier alpha value is -1.92. The van der Waals surface area contributed by atoms with Gasteiger partial charge in [0.2, 0.25) is 10.0 Å². The Morgan fingerprint density at radius 2 is 1.63 bits per heavy atom. The fourth-order valence-corrected chi connectivity index (χ4v) is 2.28. The Kier molecular flexibility index (Phi) is 4.13. The molecular formula is C13H12FNO3S. The largest absolute Gasteiger partial charge is 0.477 e. The van der Waals surface area contributed by atoms with Gasteiger partial charge in [-0.05, 0) is 36.4 Å². The van der Waals surface area contributed by atoms with Gasteiger partial charge in [-0.1, -0.05) is 18.2 Å². The van der Waals surface area contributed by atoms with Crippen molar-refractivity contribution in [3.05, 3.63) is 60.4 Å². The van der Waals surface area contributed by atoms with E-state index in [1.165, 1.54) is 12.1 Å². The number of hydrogen-bond acceptors (Lipinski definition) is 3. The molecule has 0 aromatic heterocycles. The van der Waals surface area contributed by atoms with Gasteiger partial charge in [0.1, 0.15) is 11.6 Å². The summed E-state index contributed by atoms with van der Waals surface area (Å²) in [5, 5.41) is 0. The van der Waals surface area contributed by atoms with Gasteiger partial charge >= 0.3 is 0 Å². The Morgan fingerprint density at radius 1 is 1.00 bits per heavy atom. The maximum absolute atomic E-state index is 12.7. The van der Waals surface area contributed by atoms with Crippen LogP contribution in [0.1, 0.15) is 0 Å². The predicted octanol–water partition coefficient (Wildman–Crippen LogP) is 2.14. The number of sulfonamides is 1. The van der Waals surface area contributed by atoms with Gasteiger partial charge in [-0.15, -0.1) is 0 Å². The van der Waals surface area contributed by atoms with Crippen molar-refractivity contribution < 1.29 is 17.5 Å². The molecule has 2 rings (SSSR count). The molecule has 0 aliphatic heterocycles. The highest BCUT2D eigenvalue weighted by atomic mass is 32.2. The standard InChI is InChI=1S/C13H12FNO3S/c14-11-6-8-13(9-7-11)19(16,17)15-10-18-12-4-2-1-3-5-12/h1-9,15H,10H2. The monoisotopic (exact) mass is 281 g/mol. The Bertz CT molecular complexity index is 627. The molecule has 1 N–H and O–H groups in total. The summed E-state index contributed by atoms with van der Waals surface area (Å²) in [5.74, 6) is 0.0730. The minimum absolute atomic E-state index is 0.00874. The highest BCUT2D eigenvalue weighted by molar-refractivity contribution is 7.89. The van der Waals surface area contributed by atoms with Gasteiger partial charge < -0.3 is 4.74 Å². The first-order valence-electron chi connectivity index (χ1n) is 5.51. The maximum Gasteiger partial charge on any atom is 0.243 e. The van der Waals surface area contributed by atoms with E-state index in [0.717, 1.165) is 12.1 Å². The van der Waals surface area contributed by atoms with E-state index < -0.39 is 15.8 Å². The summed E-state index contributed by atoms with van der Waals surface area (Å²) >= 11 is 0. The molecule has 6 heteroatoms. The van der Waals surface area contributed by atoms with Crippen LogP contribution in [0.25, 0.3) is 0 Å². The molecule has 19 heavy (non-hydrogen) atoms. The SMILES string of the molecule is O=S(=O)(NCOc1ccccc1)c1ccc(F)cc1. The summed E-state index contributed by atoms with van der Waals surface area (Å²) in [6.07, 6.45) is 0. The van der Waals surface area contributed by atoms with Crippen molar-refractivity contribution >= 4 is 10.0 Å². The smallest absolute Gasteiger partial charge is 0.243 e. The quantitative estimate of drug-likeness (QED) is 0.854. The summed E-state index contributed by atoms with van der Waals surface area (Å²) in [7, 11) is -3.69. The first-order valence-corrected chi connectivity index (χ1v) is 6.99. The number of nitrogens with one attached hydrogen (secondary N) is 1. The van der Waals surface area contributed by atoms with E-state index in [0.29, 0.717) is 5.75 Å². The first-order chi connectivity index (χ1) is 9.08. The Morgan fingerprint density at radius 3 is 2.26 bits per heavy atom. The van der Waals surface area contributed by atoms with Crippen LogP contribution in [0, 0.1) is 5.82 Å². The highest BCUT2D eigenvalue weighted by Gasteiger charge is 2.13. The number of halogens is 1. The second-order valence-electron chi connectivity index (χ2n) is 3.70. The molecule has 0 saturated carbocycles. The normalized spacial score (nSPS) is 11.2. The molecule has 0 atom stereocenters. The molecule has 0 bridgehead atoms. The minimum atomic E-state index is -3.69. The van der Waals surface area contributed by atoms with Crippen molar-refractivity contribution in [2.24, 2.45) is 0 Å². The van der Waals surface area contributed by atoms with Crippen molar-refractivity contribution in [1.82, 2.24) is 4.72 Å². The molecule has 0 spiro atoms. The Balaban J connectivity index is 1.97. The third-order valence-electron chi connectivity index (χ3n) is 2.35. The van der Waals surface area contributed by atoms with E-state index in [2.05, 4.69) is 4.72 Å². The van der Waals surface area contributed by atoms with E-state index >= 15 is 0 Å². The second-order valence-corrected chi connectivity index (χ2v) is 5.47. The summed E-state index contributed by atoms with van der Waals surface area (Å²) in [5.41, 5.74) is 0. The lowest BCUT2D eigenvalue weighted by molar-refractivity contribution is 0.311. The molecule has 0 heterocycles. The van der Waals surface area contributed by atoms with Gasteiger partial charge in [0.05, 0.1) is 4.90 Å². The highest BCUT2D eigenvalue weighted by Crippen LogP contribution is 2.10. The summed E-state index contributed by atoms with van der Waals surface area (Å²) in [4.78, 5) is -0.00874. The molecular weight excluding hydrogens is 269 g/mol. The maximum atomic E-state index is 12.7. The number of benzene rings is 2. The molecule has 0 fully saturated rings. The zero-order chi connectivity index (χ0) is 13.7. The molecule has 100 valence electrons. The van der Waals surface area contributed by atoms with Crippen LogP contribution in [0.15, 0.2) is 59.5 Å². The third-order valence-corrected chi connectivity index (χ3v) is 3.75. The lowest BCUT2D eigenvalue weighted by Crippen LogP contribution is -2.27. The molecule has 0 unspecified atom stereocenters. The molecule has 2 aromatic rings. The fourth-order valence-electron chi connectivity index (χ4n) is 1.40. The van der Waals surface area contributed by atoms with E-state index in [1.54, 1.807) is 24.3 Å². The van der Waals surface area contributed by atoms with Crippen LogP contribution in [-0.4, -0.2) is 15.1 Å². The number of ether oxygens (including phenoxy) is 1. The lowest BCUT2D eigenvalue weighted by atomic mass is 10.3. The van der Waals surface area contributed by atoms with Gasteiger partial charge in [-0.25, -0.2) is 12.8 Å². The summed E-state index contributed by atoms with van der Waals surface area (Å²) in [6.45, 7) is -0.191. The molecule has 0 aliphatic rings. The van der Waals surface area contributed by atoms with Crippen LogP contribution >= 0.6 is 0 Å². The molecule has 0 aliphatic carbocycles. The number of para-hydroxylation sites is 1. The topological polar surface area (TPSA) is 55.4 Å². The van der Waals surface area contributed by atoms with Crippen LogP contribution in [0.2, 0.25) is 0 Å². The van der Waals surface area contributed by atoms with Gasteiger partial charge in [0, 0.05) is 0 Å². The molecule has 4 nitrogen and oxygen atoms in total. The van der Waals surface area contributed by atoms with Crippen molar-refractivity contribution in [3.63, 3.8) is 0 Å². The Labute approximate surface area is 110 Å². The zero-order valence-electron chi connectivity index (χ0n) is 9.91. The molecule has 0 saturated heterocycles. The summed E-state index contributed by atoms with van der Waals surface area (Å²) in [6, 6.07) is 13.4. The summed E-state index contributed by atoms with van der Waals surface area (Å²) < 4.78 is 43.8. The number of rotatable bonds is 5. The van der Waals surface area contributed by atoms with Crippen molar-refractivity contribution in [3.8, 4) is 5.75 Å². The minimum Gasteiger partial charge on any atom is -0.477 e. The van der Waals surface area contributed by atoms with Gasteiger partial charge in [-0.2, -0.15) is 4.72 Å². The molecule has 0 radical (unpaired) electrons. The van der Waals surface area contributed by atoms with Crippen molar-refractivity contribution in [1.29, 1.82) is 0 Å². The molecule has 0 amide bonds. The van der Waals surface area contributed by atoms with Crippen molar-refractivity contribution in [2.45, 2.75) is 4.90 Å². The zero-order valence-corrected chi connectivity index (χ0v) is 10.7. The van der Waals surface area contributed by atoms with Crippen LogP contribution in [0.4, 0.5) is 4.39 Å². The van der Waals surface area contributed by atoms with Crippen LogP contribution in [-0.2, 0) is 10.0 Å². The van der Waals surface area contributed by atoms with Gasteiger partial charge in [0.15, 0.2) is 6.73 Å². The van der Waals surface area contributed by atoms with E-state index in [4.69, 9.17) is 4.74 Å². The third kappa shape index (κ3) is 3.77. The van der Waals surface area contributed by atoms with E-state index in [9.17, 15) is 12.8 Å². The van der Waals surface area contributed by atoms with E-state index in [1.807, 2.05) is 6.07 Å². The van der Waals surface area contributed by atoms with Crippen LogP contribution in [0.3, 0.4) is 0 Å². The molecule has 2 aromatic carbocycles. The average molecular weight is 281 g/mol. The van der Waals surface area contributed by atoms with Gasteiger partial charge in [-0.3, -0.25) is 0 Å². The van der Waals surface area contributed by atoms with E-state index in [-0.39, 0.29) is 11.6 Å². The fraction of sp³-hybridized carbons (Fsp3) is 0.0769. The van der Waals surface area contributed by atoms with Crippen LogP contribution < -0.4 is 9.46 Å². The van der Waals surface area contributed by atoms with Crippen LogP contribution in [0.5, 0.6) is 5.75 Å². The second kappa shape index (κ2) is 5.81. The van der Waals surface area contributed by atoms with Crippen molar-refractivity contribution in [2.75, 3.05) is 6.73 Å². The lowest BCUT2D eigenvalue weighted by Gasteiger charge is -2.08. The van der Waals surface area contributed by atoms with Gasteiger partial charge in [0.25, 0.3) is 0 Å².